The average molecular weight is 468 g/mol. The van der Waals surface area contributed by atoms with Crippen LogP contribution in [0.2, 0.25) is 10.4 Å². The first-order chi connectivity index (χ1) is 15.0. The zero-order valence-corrected chi connectivity index (χ0v) is 18.2. The number of aromatic nitrogens is 7. The third kappa shape index (κ3) is 3.55. The Kier molecular flexibility index (Phi) is 5.29. The fraction of sp³-hybridized carbons (Fsp3) is 0.556. The summed E-state index contributed by atoms with van der Waals surface area (Å²) in [4.78, 5) is 24.3. The monoisotopic (exact) mass is 467 g/mol. The number of halogens is 2. The van der Waals surface area contributed by atoms with Crippen LogP contribution in [0.5, 0.6) is 0 Å². The van der Waals surface area contributed by atoms with Crippen LogP contribution in [0.25, 0.3) is 11.2 Å². The minimum Gasteiger partial charge on any atom is -0.455 e. The van der Waals surface area contributed by atoms with Gasteiger partial charge in [-0.1, -0.05) is 30.2 Å². The van der Waals surface area contributed by atoms with Crippen molar-refractivity contribution < 1.29 is 19.0 Å². The fourth-order valence-corrected chi connectivity index (χ4v) is 4.55. The first-order valence-electron chi connectivity index (χ1n) is 9.86. The molecule has 5 rings (SSSR count). The Bertz CT molecular complexity index is 1140. The molecular formula is C18H19Cl2N7O4. The first kappa shape index (κ1) is 20.6. The summed E-state index contributed by atoms with van der Waals surface area (Å²) in [5.74, 6) is -0.451. The Morgan fingerprint density at radius 1 is 1.32 bits per heavy atom. The molecule has 0 radical (unpaired) electrons. The smallest absolute Gasteiger partial charge is 0.303 e. The Labute approximate surface area is 186 Å². The van der Waals surface area contributed by atoms with E-state index in [4.69, 9.17) is 37.4 Å². The number of esters is 1. The summed E-state index contributed by atoms with van der Waals surface area (Å²) in [5, 5.41) is 8.56. The molecule has 2 unspecified atom stereocenters. The molecule has 11 nitrogen and oxygen atoms in total. The number of imidazole rings is 1. The molecule has 0 N–H and O–H groups in total. The highest BCUT2D eigenvalue weighted by molar-refractivity contribution is 6.35. The maximum Gasteiger partial charge on any atom is 0.303 e. The van der Waals surface area contributed by atoms with Crippen LogP contribution in [0.15, 0.2) is 12.5 Å². The lowest BCUT2D eigenvalue weighted by atomic mass is 10.1. The number of nitrogens with zero attached hydrogens (tertiary/aromatic N) is 7. The molecule has 0 bridgehead atoms. The first-order valence-corrected chi connectivity index (χ1v) is 10.6. The second kappa shape index (κ2) is 7.97. The lowest BCUT2D eigenvalue weighted by Crippen LogP contribution is -2.35. The van der Waals surface area contributed by atoms with E-state index in [-0.39, 0.29) is 16.5 Å². The lowest BCUT2D eigenvalue weighted by molar-refractivity contribution is -0.158. The quantitative estimate of drug-likeness (QED) is 0.315. The van der Waals surface area contributed by atoms with Crippen molar-refractivity contribution in [3.05, 3.63) is 28.7 Å². The van der Waals surface area contributed by atoms with E-state index < -0.39 is 30.5 Å². The molecule has 2 aliphatic rings. The van der Waals surface area contributed by atoms with Gasteiger partial charge in [0.2, 0.25) is 5.28 Å². The van der Waals surface area contributed by atoms with Gasteiger partial charge in [-0.3, -0.25) is 9.36 Å². The molecule has 0 aliphatic carbocycles. The fourth-order valence-electron chi connectivity index (χ4n) is 4.13. The summed E-state index contributed by atoms with van der Waals surface area (Å²) in [5.41, 5.74) is 1.64. The molecule has 0 saturated carbocycles. The van der Waals surface area contributed by atoms with E-state index in [0.717, 1.165) is 18.5 Å². The highest BCUT2D eigenvalue weighted by Gasteiger charge is 2.56. The van der Waals surface area contributed by atoms with Crippen LogP contribution in [-0.2, 0) is 25.4 Å². The van der Waals surface area contributed by atoms with E-state index in [1.807, 2.05) is 6.20 Å². The van der Waals surface area contributed by atoms with Gasteiger partial charge in [0.15, 0.2) is 23.1 Å². The van der Waals surface area contributed by atoms with Gasteiger partial charge in [-0.15, -0.1) is 5.10 Å². The highest BCUT2D eigenvalue weighted by atomic mass is 35.5. The minimum atomic E-state index is -0.743. The lowest BCUT2D eigenvalue weighted by Gasteiger charge is -2.23. The topological polar surface area (TPSA) is 119 Å². The molecular weight excluding hydrogens is 449 g/mol. The van der Waals surface area contributed by atoms with Gasteiger partial charge >= 0.3 is 5.97 Å². The van der Waals surface area contributed by atoms with Crippen LogP contribution in [-0.4, -0.2) is 65.4 Å². The Morgan fingerprint density at radius 3 is 2.94 bits per heavy atom. The Balaban J connectivity index is 1.50. The molecule has 2 fully saturated rings. The van der Waals surface area contributed by atoms with Crippen molar-refractivity contribution in [2.45, 2.75) is 57.3 Å². The van der Waals surface area contributed by atoms with Crippen molar-refractivity contribution >= 4 is 40.3 Å². The van der Waals surface area contributed by atoms with Crippen molar-refractivity contribution in [2.24, 2.45) is 0 Å². The van der Waals surface area contributed by atoms with Crippen LogP contribution in [0.4, 0.5) is 0 Å². The third-order valence-electron chi connectivity index (χ3n) is 5.40. The number of rotatable bonds is 5. The SMILES string of the molecule is CCCc1cn([C@H]2COC3C2O[C@@H](n2cnc4c(Cl)nc(Cl)nc42)[C@@H]3OC(C)=O)nn1. The molecule has 0 spiro atoms. The second-order valence-electron chi connectivity index (χ2n) is 7.48. The van der Waals surface area contributed by atoms with Crippen molar-refractivity contribution in [1.82, 2.24) is 34.5 Å². The number of carbonyl (C=O) groups is 1. The molecule has 5 atom stereocenters. The molecule has 0 aromatic carbocycles. The molecule has 31 heavy (non-hydrogen) atoms. The molecule has 0 amide bonds. The van der Waals surface area contributed by atoms with Gasteiger partial charge in [-0.25, -0.2) is 14.6 Å². The van der Waals surface area contributed by atoms with Gasteiger partial charge in [0, 0.05) is 13.1 Å². The molecule has 3 aromatic rings. The Morgan fingerprint density at radius 2 is 2.16 bits per heavy atom. The van der Waals surface area contributed by atoms with Gasteiger partial charge < -0.3 is 14.2 Å². The summed E-state index contributed by atoms with van der Waals surface area (Å²) in [6.45, 7) is 3.78. The molecule has 3 aromatic heterocycles. The predicted molar refractivity (Wildman–Crippen MR) is 108 cm³/mol. The number of hydrogen-bond acceptors (Lipinski definition) is 9. The van der Waals surface area contributed by atoms with Gasteiger partial charge in [0.1, 0.15) is 23.8 Å². The summed E-state index contributed by atoms with van der Waals surface area (Å²) >= 11 is 12.1. The number of ether oxygens (including phenoxy) is 3. The van der Waals surface area contributed by atoms with E-state index in [2.05, 4.69) is 32.2 Å². The van der Waals surface area contributed by atoms with E-state index >= 15 is 0 Å². The van der Waals surface area contributed by atoms with Crippen LogP contribution >= 0.6 is 23.2 Å². The minimum absolute atomic E-state index is 0.0262. The van der Waals surface area contributed by atoms with Gasteiger partial charge in [0.25, 0.3) is 0 Å². The third-order valence-corrected chi connectivity index (χ3v) is 5.83. The van der Waals surface area contributed by atoms with Gasteiger partial charge in [-0.05, 0) is 18.0 Å². The maximum atomic E-state index is 11.8. The summed E-state index contributed by atoms with van der Waals surface area (Å²) < 4.78 is 21.3. The van der Waals surface area contributed by atoms with Crippen molar-refractivity contribution in [3.8, 4) is 0 Å². The van der Waals surface area contributed by atoms with Crippen LogP contribution < -0.4 is 0 Å². The highest BCUT2D eigenvalue weighted by Crippen LogP contribution is 2.43. The normalized spacial score (nSPS) is 27.7. The number of hydrogen-bond donors (Lipinski definition) is 0. The molecule has 13 heteroatoms. The van der Waals surface area contributed by atoms with Crippen molar-refractivity contribution in [1.29, 1.82) is 0 Å². The van der Waals surface area contributed by atoms with Crippen LogP contribution in [0.1, 0.15) is 38.2 Å². The van der Waals surface area contributed by atoms with E-state index in [1.54, 1.807) is 9.25 Å². The second-order valence-corrected chi connectivity index (χ2v) is 8.17. The van der Waals surface area contributed by atoms with E-state index in [9.17, 15) is 4.79 Å². The molecule has 2 saturated heterocycles. The van der Waals surface area contributed by atoms with Gasteiger partial charge in [-0.2, -0.15) is 4.98 Å². The zero-order valence-electron chi connectivity index (χ0n) is 16.7. The predicted octanol–water partition coefficient (Wildman–Crippen LogP) is 2.15. The number of carbonyl (C=O) groups excluding carboxylic acids is 1. The van der Waals surface area contributed by atoms with Crippen molar-refractivity contribution in [2.75, 3.05) is 6.61 Å². The van der Waals surface area contributed by atoms with Crippen LogP contribution in [0.3, 0.4) is 0 Å². The molecule has 2 aliphatic heterocycles. The standard InChI is InChI=1S/C18H19Cl2N7O4/c1-3-4-9-5-27(25-24-9)10-6-29-13-12(10)31-17(14(13)30-8(2)28)26-7-21-11-15(19)22-18(20)23-16(11)26/h5,7,10,12-14,17H,3-4,6H2,1-2H3/t10-,12?,13?,14+,17+/m0/s1. The van der Waals surface area contributed by atoms with Gasteiger partial charge in [0.05, 0.1) is 18.6 Å². The average Bonchev–Trinajstić information content (AvgIpc) is 3.46. The molecule has 164 valence electrons. The summed E-state index contributed by atoms with van der Waals surface area (Å²) in [6.07, 6.45) is 2.83. The maximum absolute atomic E-state index is 11.8. The summed E-state index contributed by atoms with van der Waals surface area (Å²) in [6, 6.07) is -0.220. The van der Waals surface area contributed by atoms with E-state index in [1.165, 1.54) is 13.3 Å². The Hall–Kier alpha value is -2.34. The molecule has 5 heterocycles. The summed E-state index contributed by atoms with van der Waals surface area (Å²) in [7, 11) is 0. The van der Waals surface area contributed by atoms with Crippen molar-refractivity contribution in [3.63, 3.8) is 0 Å². The van der Waals surface area contributed by atoms with Crippen LogP contribution in [0, 0.1) is 0 Å². The van der Waals surface area contributed by atoms with E-state index in [0.29, 0.717) is 17.8 Å². The number of aryl methyl sites for hydroxylation is 1. The largest absolute Gasteiger partial charge is 0.455 e. The number of fused-ring (bicyclic) bond motifs is 2. The zero-order chi connectivity index (χ0) is 21.7.